The number of para-hydroxylation sites is 1. The minimum absolute atomic E-state index is 0.0146. The molecule has 0 aliphatic heterocycles. The van der Waals surface area contributed by atoms with Gasteiger partial charge in [0.1, 0.15) is 0 Å². The number of aromatic amines is 1. The highest BCUT2D eigenvalue weighted by atomic mass is 19.2. The number of esters is 1. The summed E-state index contributed by atoms with van der Waals surface area (Å²) in [5.41, 5.74) is 0.0293. The molecule has 2 aromatic carbocycles. The molecule has 1 amide bonds. The number of rotatable bonds is 4. The summed E-state index contributed by atoms with van der Waals surface area (Å²) in [7, 11) is 0. The third-order valence-electron chi connectivity index (χ3n) is 3.61. The van der Waals surface area contributed by atoms with Gasteiger partial charge < -0.3 is 10.1 Å². The first-order chi connectivity index (χ1) is 12.4. The predicted molar refractivity (Wildman–Crippen MR) is 85.9 cm³/mol. The molecule has 1 atom stereocenters. The van der Waals surface area contributed by atoms with Gasteiger partial charge in [0, 0.05) is 5.39 Å². The second kappa shape index (κ2) is 6.87. The summed E-state index contributed by atoms with van der Waals surface area (Å²) in [4.78, 5) is 24.2. The van der Waals surface area contributed by atoms with Crippen LogP contribution in [0.1, 0.15) is 17.4 Å². The van der Waals surface area contributed by atoms with E-state index in [1.165, 1.54) is 6.92 Å². The summed E-state index contributed by atoms with van der Waals surface area (Å²) in [5, 5.41) is 9.05. The number of anilines is 1. The van der Waals surface area contributed by atoms with Crippen molar-refractivity contribution in [2.45, 2.75) is 13.0 Å². The number of aromatic nitrogens is 2. The molecule has 0 unspecified atom stereocenters. The smallest absolute Gasteiger partial charge is 0.360 e. The summed E-state index contributed by atoms with van der Waals surface area (Å²) >= 11 is 0. The first-order valence-electron chi connectivity index (χ1n) is 7.47. The summed E-state index contributed by atoms with van der Waals surface area (Å²) < 4.78 is 44.7. The largest absolute Gasteiger partial charge is 0.448 e. The lowest BCUT2D eigenvalue weighted by atomic mass is 10.2. The maximum absolute atomic E-state index is 13.6. The number of H-pyrrole nitrogens is 1. The lowest BCUT2D eigenvalue weighted by molar-refractivity contribution is -0.123. The van der Waals surface area contributed by atoms with E-state index in [0.29, 0.717) is 17.0 Å². The van der Waals surface area contributed by atoms with Gasteiger partial charge in [0.25, 0.3) is 5.91 Å². The maximum atomic E-state index is 13.6. The Kier molecular flexibility index (Phi) is 4.61. The van der Waals surface area contributed by atoms with E-state index in [2.05, 4.69) is 10.2 Å². The molecule has 0 spiro atoms. The molecule has 0 radical (unpaired) electrons. The molecule has 3 rings (SSSR count). The molecule has 0 saturated carbocycles. The van der Waals surface area contributed by atoms with Crippen LogP contribution in [-0.2, 0) is 9.53 Å². The lowest BCUT2D eigenvalue weighted by Gasteiger charge is -2.13. The molecule has 0 saturated heterocycles. The number of carbonyl (C=O) groups is 2. The van der Waals surface area contributed by atoms with Crippen molar-refractivity contribution in [2.75, 3.05) is 5.32 Å². The van der Waals surface area contributed by atoms with E-state index in [9.17, 15) is 22.8 Å². The molecular weight excluding hydrogens is 351 g/mol. The van der Waals surface area contributed by atoms with Crippen LogP contribution in [0.5, 0.6) is 0 Å². The molecule has 134 valence electrons. The van der Waals surface area contributed by atoms with Gasteiger partial charge in [0.15, 0.2) is 29.2 Å². The number of halogens is 3. The summed E-state index contributed by atoms with van der Waals surface area (Å²) in [6.07, 6.45) is -1.33. The third-order valence-corrected chi connectivity index (χ3v) is 3.61. The quantitative estimate of drug-likeness (QED) is 0.551. The van der Waals surface area contributed by atoms with Crippen molar-refractivity contribution < 1.29 is 27.5 Å². The fraction of sp³-hybridized carbons (Fsp3) is 0.118. The molecule has 1 heterocycles. The van der Waals surface area contributed by atoms with Crippen LogP contribution in [0.3, 0.4) is 0 Å². The molecule has 2 N–H and O–H groups in total. The topological polar surface area (TPSA) is 84.1 Å². The van der Waals surface area contributed by atoms with Gasteiger partial charge >= 0.3 is 5.97 Å². The molecule has 1 aromatic heterocycles. The van der Waals surface area contributed by atoms with Gasteiger partial charge in [-0.15, -0.1) is 0 Å². The monoisotopic (exact) mass is 363 g/mol. The number of hydrogen-bond acceptors (Lipinski definition) is 4. The van der Waals surface area contributed by atoms with Gasteiger partial charge in [-0.1, -0.05) is 18.2 Å². The van der Waals surface area contributed by atoms with E-state index in [4.69, 9.17) is 4.74 Å². The van der Waals surface area contributed by atoms with E-state index in [-0.39, 0.29) is 5.69 Å². The van der Waals surface area contributed by atoms with E-state index in [0.717, 1.165) is 6.07 Å². The molecule has 9 heteroatoms. The highest BCUT2D eigenvalue weighted by Crippen LogP contribution is 2.20. The Balaban J connectivity index is 1.71. The molecule has 0 aliphatic rings. The number of nitrogens with one attached hydrogen (secondary N) is 2. The number of nitrogens with zero attached hydrogens (tertiary/aromatic N) is 1. The third kappa shape index (κ3) is 3.23. The molecular formula is C17H12F3N3O3. The van der Waals surface area contributed by atoms with Crippen molar-refractivity contribution in [2.24, 2.45) is 0 Å². The Morgan fingerprint density at radius 2 is 1.85 bits per heavy atom. The van der Waals surface area contributed by atoms with Gasteiger partial charge in [-0.05, 0) is 25.1 Å². The second-order valence-corrected chi connectivity index (χ2v) is 5.38. The summed E-state index contributed by atoms with van der Waals surface area (Å²) in [6, 6.07) is 8.35. The normalized spacial score (nSPS) is 12.0. The van der Waals surface area contributed by atoms with Crippen molar-refractivity contribution in [3.05, 3.63) is 59.5 Å². The van der Waals surface area contributed by atoms with E-state index in [1.807, 2.05) is 5.32 Å². The second-order valence-electron chi connectivity index (χ2n) is 5.38. The van der Waals surface area contributed by atoms with Gasteiger partial charge in [-0.3, -0.25) is 9.89 Å². The van der Waals surface area contributed by atoms with Crippen LogP contribution in [0.2, 0.25) is 0 Å². The lowest BCUT2D eigenvalue weighted by Crippen LogP contribution is -2.30. The number of hydrogen-bond donors (Lipinski definition) is 2. The van der Waals surface area contributed by atoms with Crippen LogP contribution in [0.4, 0.5) is 18.9 Å². The minimum atomic E-state index is -1.71. The van der Waals surface area contributed by atoms with E-state index < -0.39 is 41.1 Å². The first-order valence-corrected chi connectivity index (χ1v) is 7.47. The van der Waals surface area contributed by atoms with Crippen LogP contribution in [0.25, 0.3) is 10.9 Å². The zero-order valence-electron chi connectivity index (χ0n) is 13.3. The van der Waals surface area contributed by atoms with Crippen LogP contribution in [-0.4, -0.2) is 28.2 Å². The average molecular weight is 363 g/mol. The average Bonchev–Trinajstić information content (AvgIpc) is 3.06. The summed E-state index contributed by atoms with van der Waals surface area (Å²) in [6.45, 7) is 1.25. The maximum Gasteiger partial charge on any atom is 0.360 e. The molecule has 6 nitrogen and oxygen atoms in total. The molecule has 0 aliphatic carbocycles. The molecule has 3 aromatic rings. The van der Waals surface area contributed by atoms with Crippen molar-refractivity contribution in [3.63, 3.8) is 0 Å². The van der Waals surface area contributed by atoms with Crippen molar-refractivity contribution in [3.8, 4) is 0 Å². The van der Waals surface area contributed by atoms with E-state index >= 15 is 0 Å². The Labute approximate surface area is 145 Å². The van der Waals surface area contributed by atoms with Gasteiger partial charge in [0.05, 0.1) is 11.2 Å². The number of fused-ring (bicyclic) bond motifs is 1. The van der Waals surface area contributed by atoms with Crippen LogP contribution in [0.15, 0.2) is 36.4 Å². The van der Waals surface area contributed by atoms with Crippen LogP contribution < -0.4 is 5.32 Å². The molecule has 26 heavy (non-hydrogen) atoms. The fourth-order valence-corrected chi connectivity index (χ4v) is 2.25. The number of ether oxygens (including phenoxy) is 1. The van der Waals surface area contributed by atoms with E-state index in [1.54, 1.807) is 24.3 Å². The fourth-order valence-electron chi connectivity index (χ4n) is 2.25. The van der Waals surface area contributed by atoms with Crippen molar-refractivity contribution >= 4 is 28.5 Å². The Morgan fingerprint density at radius 3 is 2.62 bits per heavy atom. The van der Waals surface area contributed by atoms with Crippen molar-refractivity contribution in [1.82, 2.24) is 10.2 Å². The van der Waals surface area contributed by atoms with Gasteiger partial charge in [-0.2, -0.15) is 5.10 Å². The Morgan fingerprint density at radius 1 is 1.12 bits per heavy atom. The highest BCUT2D eigenvalue weighted by Gasteiger charge is 2.24. The van der Waals surface area contributed by atoms with Crippen LogP contribution in [0, 0.1) is 17.5 Å². The summed E-state index contributed by atoms with van der Waals surface area (Å²) in [5.74, 6) is -6.42. The number of benzene rings is 2. The van der Waals surface area contributed by atoms with Crippen LogP contribution >= 0.6 is 0 Å². The zero-order chi connectivity index (χ0) is 18.8. The molecule has 0 fully saturated rings. The SMILES string of the molecule is C[C@@H](OC(=O)c1n[nH]c2ccccc12)C(=O)Nc1ccc(F)c(F)c1F. The van der Waals surface area contributed by atoms with Gasteiger partial charge in [0.2, 0.25) is 0 Å². The molecule has 0 bridgehead atoms. The van der Waals surface area contributed by atoms with Gasteiger partial charge in [-0.25, -0.2) is 18.0 Å². The number of amides is 1. The standard InChI is InChI=1S/C17H12F3N3O3/c1-8(16(24)21-12-7-6-10(18)13(19)14(12)20)26-17(25)15-9-4-2-3-5-11(9)22-23-15/h2-8H,1H3,(H,21,24)(H,22,23)/t8-/m1/s1. The highest BCUT2D eigenvalue weighted by molar-refractivity contribution is 6.03. The Hall–Kier alpha value is -3.36. The minimum Gasteiger partial charge on any atom is -0.448 e. The van der Waals surface area contributed by atoms with Crippen molar-refractivity contribution in [1.29, 1.82) is 0 Å². The predicted octanol–water partition coefficient (Wildman–Crippen LogP) is 3.16. The number of carbonyl (C=O) groups excluding carboxylic acids is 2. The first kappa shape index (κ1) is 17.5. The zero-order valence-corrected chi connectivity index (χ0v) is 13.3. The Bertz CT molecular complexity index is 1000.